The summed E-state index contributed by atoms with van der Waals surface area (Å²) >= 11 is 0. The number of rotatable bonds is 6. The summed E-state index contributed by atoms with van der Waals surface area (Å²) in [4.78, 5) is 21.8. The lowest BCUT2D eigenvalue weighted by Gasteiger charge is -2.14. The van der Waals surface area contributed by atoms with Crippen LogP contribution in [0.3, 0.4) is 0 Å². The number of ether oxygens (including phenoxy) is 2. The summed E-state index contributed by atoms with van der Waals surface area (Å²) in [5, 5.41) is 13.1. The van der Waals surface area contributed by atoms with Crippen LogP contribution in [0.5, 0.6) is 0 Å². The standard InChI is InChI=1S/C11H13FN2O5/c1-18-10(19-2)6-13-11(15)8-5-7(12)3-4-9(8)14(16)17/h3-5,10H,6H2,1-2H3,(H,13,15). The number of benzene rings is 1. The van der Waals surface area contributed by atoms with Crippen LogP contribution in [0.25, 0.3) is 0 Å². The zero-order valence-corrected chi connectivity index (χ0v) is 10.4. The summed E-state index contributed by atoms with van der Waals surface area (Å²) in [6.07, 6.45) is -0.684. The molecule has 104 valence electrons. The Morgan fingerprint density at radius 3 is 2.63 bits per heavy atom. The number of nitro benzene ring substituents is 1. The van der Waals surface area contributed by atoms with Crippen LogP contribution in [-0.2, 0) is 9.47 Å². The molecule has 0 fully saturated rings. The fourth-order valence-electron chi connectivity index (χ4n) is 1.38. The van der Waals surface area contributed by atoms with Crippen LogP contribution in [0.15, 0.2) is 18.2 Å². The number of carbonyl (C=O) groups excluding carboxylic acids is 1. The molecule has 0 aliphatic heterocycles. The van der Waals surface area contributed by atoms with E-state index in [4.69, 9.17) is 9.47 Å². The molecule has 0 unspecified atom stereocenters. The molecule has 0 atom stereocenters. The van der Waals surface area contributed by atoms with Crippen LogP contribution >= 0.6 is 0 Å². The molecule has 0 heterocycles. The fourth-order valence-corrected chi connectivity index (χ4v) is 1.38. The Hall–Kier alpha value is -2.06. The number of amides is 1. The lowest BCUT2D eigenvalue weighted by molar-refractivity contribution is -0.385. The maximum absolute atomic E-state index is 13.1. The molecule has 0 aliphatic carbocycles. The molecule has 0 radical (unpaired) electrons. The number of nitrogens with one attached hydrogen (secondary N) is 1. The molecule has 19 heavy (non-hydrogen) atoms. The lowest BCUT2D eigenvalue weighted by Crippen LogP contribution is -2.34. The van der Waals surface area contributed by atoms with Crippen molar-refractivity contribution in [1.29, 1.82) is 0 Å². The van der Waals surface area contributed by atoms with Crippen LogP contribution < -0.4 is 5.32 Å². The van der Waals surface area contributed by atoms with E-state index in [0.717, 1.165) is 18.2 Å². The SMILES string of the molecule is COC(CNC(=O)c1cc(F)ccc1[N+](=O)[O-])OC. The average Bonchev–Trinajstić information content (AvgIpc) is 2.39. The lowest BCUT2D eigenvalue weighted by atomic mass is 10.1. The van der Waals surface area contributed by atoms with Gasteiger partial charge < -0.3 is 14.8 Å². The van der Waals surface area contributed by atoms with Crippen LogP contribution in [0.1, 0.15) is 10.4 Å². The Balaban J connectivity index is 2.87. The molecule has 1 aromatic rings. The van der Waals surface area contributed by atoms with Crippen LogP contribution in [0, 0.1) is 15.9 Å². The topological polar surface area (TPSA) is 90.7 Å². The Morgan fingerprint density at radius 1 is 1.47 bits per heavy atom. The van der Waals surface area contributed by atoms with E-state index >= 15 is 0 Å². The van der Waals surface area contributed by atoms with Gasteiger partial charge in [0, 0.05) is 20.3 Å². The molecule has 1 amide bonds. The molecule has 0 spiro atoms. The highest BCUT2D eigenvalue weighted by Crippen LogP contribution is 2.19. The number of halogens is 1. The van der Waals surface area contributed by atoms with E-state index in [9.17, 15) is 19.3 Å². The fraction of sp³-hybridized carbons (Fsp3) is 0.364. The van der Waals surface area contributed by atoms with Gasteiger partial charge in [0.1, 0.15) is 11.4 Å². The molecule has 1 rings (SSSR count). The van der Waals surface area contributed by atoms with E-state index in [1.165, 1.54) is 14.2 Å². The molecule has 0 aliphatic rings. The van der Waals surface area contributed by atoms with Gasteiger partial charge in [-0.05, 0) is 12.1 Å². The smallest absolute Gasteiger partial charge is 0.282 e. The molecular formula is C11H13FN2O5. The first-order valence-corrected chi connectivity index (χ1v) is 5.27. The maximum Gasteiger partial charge on any atom is 0.282 e. The van der Waals surface area contributed by atoms with Gasteiger partial charge in [-0.25, -0.2) is 4.39 Å². The quantitative estimate of drug-likeness (QED) is 0.475. The number of hydrogen-bond donors (Lipinski definition) is 1. The number of nitro groups is 1. The second-order valence-electron chi connectivity index (χ2n) is 3.53. The van der Waals surface area contributed by atoms with Gasteiger partial charge in [0.2, 0.25) is 0 Å². The van der Waals surface area contributed by atoms with Crippen molar-refractivity contribution in [2.75, 3.05) is 20.8 Å². The van der Waals surface area contributed by atoms with Gasteiger partial charge >= 0.3 is 0 Å². The maximum atomic E-state index is 13.1. The molecule has 0 aromatic heterocycles. The van der Waals surface area contributed by atoms with Gasteiger partial charge in [0.15, 0.2) is 6.29 Å². The van der Waals surface area contributed by atoms with Crippen molar-refractivity contribution in [1.82, 2.24) is 5.32 Å². The summed E-state index contributed by atoms with van der Waals surface area (Å²) < 4.78 is 22.7. The van der Waals surface area contributed by atoms with E-state index in [-0.39, 0.29) is 12.1 Å². The predicted molar refractivity (Wildman–Crippen MR) is 63.2 cm³/mol. The number of carbonyl (C=O) groups is 1. The Morgan fingerprint density at radius 2 is 2.11 bits per heavy atom. The molecule has 1 N–H and O–H groups in total. The largest absolute Gasteiger partial charge is 0.354 e. The Labute approximate surface area is 108 Å². The van der Waals surface area contributed by atoms with Crippen molar-refractivity contribution in [2.45, 2.75) is 6.29 Å². The zero-order valence-electron chi connectivity index (χ0n) is 10.4. The normalized spacial score (nSPS) is 10.5. The first kappa shape index (κ1) is 15.0. The predicted octanol–water partition coefficient (Wildman–Crippen LogP) is 1.08. The number of hydrogen-bond acceptors (Lipinski definition) is 5. The number of methoxy groups -OCH3 is 2. The third kappa shape index (κ3) is 3.97. The third-order valence-electron chi connectivity index (χ3n) is 2.35. The molecule has 7 nitrogen and oxygen atoms in total. The second kappa shape index (κ2) is 6.76. The van der Waals surface area contributed by atoms with Crippen molar-refractivity contribution in [3.05, 3.63) is 39.7 Å². The average molecular weight is 272 g/mol. The third-order valence-corrected chi connectivity index (χ3v) is 2.35. The van der Waals surface area contributed by atoms with Gasteiger partial charge in [-0.15, -0.1) is 0 Å². The van der Waals surface area contributed by atoms with Crippen LogP contribution in [-0.4, -0.2) is 37.9 Å². The van der Waals surface area contributed by atoms with Crippen molar-refractivity contribution in [3.63, 3.8) is 0 Å². The van der Waals surface area contributed by atoms with Gasteiger partial charge in [-0.2, -0.15) is 0 Å². The molecule has 8 heteroatoms. The molecule has 0 bridgehead atoms. The van der Waals surface area contributed by atoms with Crippen LogP contribution in [0.2, 0.25) is 0 Å². The molecule has 0 saturated heterocycles. The minimum atomic E-state index is -0.773. The highest BCUT2D eigenvalue weighted by molar-refractivity contribution is 5.98. The molecular weight excluding hydrogens is 259 g/mol. The van der Waals surface area contributed by atoms with Gasteiger partial charge in [0.25, 0.3) is 11.6 Å². The van der Waals surface area contributed by atoms with Gasteiger partial charge in [-0.3, -0.25) is 14.9 Å². The van der Waals surface area contributed by atoms with E-state index in [1.807, 2.05) is 0 Å². The first-order chi connectivity index (χ1) is 8.99. The molecule has 1 aromatic carbocycles. The Kier molecular flexibility index (Phi) is 5.34. The van der Waals surface area contributed by atoms with E-state index in [0.29, 0.717) is 0 Å². The summed E-state index contributed by atoms with van der Waals surface area (Å²) in [6.45, 7) is -0.0144. The molecule has 0 saturated carbocycles. The summed E-state index contributed by atoms with van der Waals surface area (Å²) in [5.74, 6) is -1.50. The van der Waals surface area contributed by atoms with E-state index in [1.54, 1.807) is 0 Å². The van der Waals surface area contributed by atoms with Gasteiger partial charge in [-0.1, -0.05) is 0 Å². The minimum Gasteiger partial charge on any atom is -0.354 e. The zero-order chi connectivity index (χ0) is 14.4. The second-order valence-corrected chi connectivity index (χ2v) is 3.53. The van der Waals surface area contributed by atoms with Crippen LogP contribution in [0.4, 0.5) is 10.1 Å². The summed E-state index contributed by atoms with van der Waals surface area (Å²) in [6, 6.07) is 2.67. The van der Waals surface area contributed by atoms with E-state index < -0.39 is 28.6 Å². The van der Waals surface area contributed by atoms with Crippen molar-refractivity contribution in [2.24, 2.45) is 0 Å². The highest BCUT2D eigenvalue weighted by atomic mass is 19.1. The summed E-state index contributed by atoms with van der Waals surface area (Å²) in [5.41, 5.74) is -0.818. The van der Waals surface area contributed by atoms with Gasteiger partial charge in [0.05, 0.1) is 11.5 Å². The van der Waals surface area contributed by atoms with Crippen molar-refractivity contribution < 1.29 is 23.6 Å². The van der Waals surface area contributed by atoms with E-state index in [2.05, 4.69) is 5.32 Å². The van der Waals surface area contributed by atoms with Crippen molar-refractivity contribution >= 4 is 11.6 Å². The minimum absolute atomic E-state index is 0.0144. The highest BCUT2D eigenvalue weighted by Gasteiger charge is 2.21. The summed E-state index contributed by atoms with van der Waals surface area (Å²) in [7, 11) is 2.76. The first-order valence-electron chi connectivity index (χ1n) is 5.27. The Bertz CT molecular complexity index is 476. The monoisotopic (exact) mass is 272 g/mol. The number of nitrogens with zero attached hydrogens (tertiary/aromatic N) is 1. The van der Waals surface area contributed by atoms with Crippen molar-refractivity contribution in [3.8, 4) is 0 Å².